The van der Waals surface area contributed by atoms with Gasteiger partial charge < -0.3 is 9.88 Å². The first kappa shape index (κ1) is 18.4. The number of fused-ring (bicyclic) bond motifs is 1. The van der Waals surface area contributed by atoms with E-state index in [1.807, 2.05) is 29.2 Å². The van der Waals surface area contributed by atoms with Crippen molar-refractivity contribution in [3.8, 4) is 0 Å². The third-order valence-corrected chi connectivity index (χ3v) is 5.55. The zero-order valence-electron chi connectivity index (χ0n) is 16.1. The monoisotopic (exact) mass is 375 g/mol. The Morgan fingerprint density at radius 2 is 1.82 bits per heavy atom. The summed E-state index contributed by atoms with van der Waals surface area (Å²) in [6, 6.07) is 15.4. The fourth-order valence-corrected chi connectivity index (χ4v) is 3.89. The lowest BCUT2D eigenvalue weighted by molar-refractivity contribution is -0.132. The highest BCUT2D eigenvalue weighted by atomic mass is 16.2. The number of benzene rings is 2. The summed E-state index contributed by atoms with van der Waals surface area (Å²) in [5.41, 5.74) is 3.97. The highest BCUT2D eigenvalue weighted by molar-refractivity contribution is 5.97. The summed E-state index contributed by atoms with van der Waals surface area (Å²) in [5, 5.41) is 0. The van der Waals surface area contributed by atoms with Crippen LogP contribution in [0.2, 0.25) is 0 Å². The van der Waals surface area contributed by atoms with Gasteiger partial charge in [-0.15, -0.1) is 0 Å². The molecule has 2 heterocycles. The van der Waals surface area contributed by atoms with Gasteiger partial charge in [-0.05, 0) is 37.5 Å². The molecule has 0 radical (unpaired) electrons. The van der Waals surface area contributed by atoms with Gasteiger partial charge >= 0.3 is 0 Å². The number of amides is 1. The standard InChI is InChI=1S/C23H25N3O2/c1-16-7-8-19-20(15-16)25-23(24-19)18-11-13-26(14-12-18)22(28)10-9-21(27)17-5-3-2-4-6-17/h2-8,15,18H,9-14H2,1H3,(H,24,25). The van der Waals surface area contributed by atoms with E-state index in [4.69, 9.17) is 4.98 Å². The number of aromatic nitrogens is 2. The zero-order chi connectivity index (χ0) is 19.5. The normalized spacial score (nSPS) is 15.1. The van der Waals surface area contributed by atoms with Crippen LogP contribution in [0.15, 0.2) is 48.5 Å². The number of ketones is 1. The molecule has 1 aliphatic heterocycles. The minimum absolute atomic E-state index is 0.0291. The minimum Gasteiger partial charge on any atom is -0.343 e. The summed E-state index contributed by atoms with van der Waals surface area (Å²) >= 11 is 0. The molecule has 2 aromatic carbocycles. The summed E-state index contributed by atoms with van der Waals surface area (Å²) in [6.07, 6.45) is 2.35. The van der Waals surface area contributed by atoms with E-state index in [1.165, 1.54) is 5.56 Å². The average molecular weight is 375 g/mol. The van der Waals surface area contributed by atoms with Crippen LogP contribution in [0.5, 0.6) is 0 Å². The maximum absolute atomic E-state index is 12.5. The van der Waals surface area contributed by atoms with E-state index in [1.54, 1.807) is 12.1 Å². The molecular weight excluding hydrogens is 350 g/mol. The SMILES string of the molecule is Cc1ccc2nc(C3CCN(C(=O)CCC(=O)c4ccccc4)CC3)[nH]c2c1. The van der Waals surface area contributed by atoms with Gasteiger partial charge in [0.25, 0.3) is 0 Å². The van der Waals surface area contributed by atoms with Crippen molar-refractivity contribution < 1.29 is 9.59 Å². The van der Waals surface area contributed by atoms with E-state index in [0.29, 0.717) is 11.5 Å². The van der Waals surface area contributed by atoms with Crippen LogP contribution in [0.4, 0.5) is 0 Å². The van der Waals surface area contributed by atoms with Crippen LogP contribution in [0, 0.1) is 6.92 Å². The molecule has 3 aromatic rings. The van der Waals surface area contributed by atoms with E-state index in [-0.39, 0.29) is 24.5 Å². The van der Waals surface area contributed by atoms with Gasteiger partial charge in [-0.25, -0.2) is 4.98 Å². The number of hydrogen-bond donors (Lipinski definition) is 1. The molecule has 0 unspecified atom stereocenters. The molecule has 1 saturated heterocycles. The first-order chi connectivity index (χ1) is 13.6. The second-order valence-electron chi connectivity index (χ2n) is 7.59. The number of nitrogens with zero attached hydrogens (tertiary/aromatic N) is 2. The molecule has 28 heavy (non-hydrogen) atoms. The van der Waals surface area contributed by atoms with Crippen LogP contribution < -0.4 is 0 Å². The second-order valence-corrected chi connectivity index (χ2v) is 7.59. The van der Waals surface area contributed by atoms with Gasteiger partial charge in [0.05, 0.1) is 11.0 Å². The van der Waals surface area contributed by atoms with Crippen molar-refractivity contribution in [3.63, 3.8) is 0 Å². The Morgan fingerprint density at radius 1 is 1.07 bits per heavy atom. The highest BCUT2D eigenvalue weighted by Gasteiger charge is 2.26. The number of Topliss-reactive ketones (excluding diaryl/α,β-unsaturated/α-hetero) is 1. The Labute approximate surface area is 164 Å². The zero-order valence-corrected chi connectivity index (χ0v) is 16.1. The molecule has 0 bridgehead atoms. The number of nitrogens with one attached hydrogen (secondary N) is 1. The van der Waals surface area contributed by atoms with Crippen molar-refractivity contribution >= 4 is 22.7 Å². The fraction of sp³-hybridized carbons (Fsp3) is 0.348. The van der Waals surface area contributed by atoms with Gasteiger partial charge in [0.15, 0.2) is 5.78 Å². The van der Waals surface area contributed by atoms with Crippen LogP contribution in [0.1, 0.15) is 53.3 Å². The fourth-order valence-electron chi connectivity index (χ4n) is 3.89. The Balaban J connectivity index is 1.30. The van der Waals surface area contributed by atoms with Gasteiger partial charge in [0, 0.05) is 37.4 Å². The van der Waals surface area contributed by atoms with Crippen LogP contribution in [-0.4, -0.2) is 39.6 Å². The number of aryl methyl sites for hydroxylation is 1. The summed E-state index contributed by atoms with van der Waals surface area (Å²) in [4.78, 5) is 34.8. The van der Waals surface area contributed by atoms with Crippen molar-refractivity contribution in [2.24, 2.45) is 0 Å². The summed E-state index contributed by atoms with van der Waals surface area (Å²) < 4.78 is 0. The largest absolute Gasteiger partial charge is 0.343 e. The van der Waals surface area contributed by atoms with E-state index in [9.17, 15) is 9.59 Å². The van der Waals surface area contributed by atoms with Gasteiger partial charge in [-0.1, -0.05) is 36.4 Å². The number of H-pyrrole nitrogens is 1. The minimum atomic E-state index is 0.0291. The summed E-state index contributed by atoms with van der Waals surface area (Å²) in [7, 11) is 0. The van der Waals surface area contributed by atoms with Gasteiger partial charge in [0.2, 0.25) is 5.91 Å². The molecule has 4 rings (SSSR count). The van der Waals surface area contributed by atoms with Crippen LogP contribution in [0.25, 0.3) is 11.0 Å². The van der Waals surface area contributed by atoms with Crippen molar-refractivity contribution in [1.82, 2.24) is 14.9 Å². The molecule has 0 aliphatic carbocycles. The Hall–Kier alpha value is -2.95. The first-order valence-electron chi connectivity index (χ1n) is 9.92. The quantitative estimate of drug-likeness (QED) is 0.678. The molecule has 0 saturated carbocycles. The van der Waals surface area contributed by atoms with Crippen LogP contribution in [-0.2, 0) is 4.79 Å². The van der Waals surface area contributed by atoms with Crippen molar-refractivity contribution in [2.75, 3.05) is 13.1 Å². The lowest BCUT2D eigenvalue weighted by atomic mass is 9.95. The molecule has 5 heteroatoms. The number of likely N-dealkylation sites (tertiary alicyclic amines) is 1. The Morgan fingerprint density at radius 3 is 2.57 bits per heavy atom. The van der Waals surface area contributed by atoms with Gasteiger partial charge in [-0.3, -0.25) is 9.59 Å². The second kappa shape index (κ2) is 7.97. The molecule has 1 amide bonds. The maximum Gasteiger partial charge on any atom is 0.223 e. The third-order valence-electron chi connectivity index (χ3n) is 5.55. The predicted molar refractivity (Wildman–Crippen MR) is 109 cm³/mol. The van der Waals surface area contributed by atoms with Crippen LogP contribution in [0.3, 0.4) is 0 Å². The molecule has 0 atom stereocenters. The highest BCUT2D eigenvalue weighted by Crippen LogP contribution is 2.28. The molecule has 1 aromatic heterocycles. The van der Waals surface area contributed by atoms with Crippen molar-refractivity contribution in [1.29, 1.82) is 0 Å². The number of piperidine rings is 1. The van der Waals surface area contributed by atoms with E-state index < -0.39 is 0 Å². The van der Waals surface area contributed by atoms with E-state index in [0.717, 1.165) is 42.8 Å². The third kappa shape index (κ3) is 3.98. The van der Waals surface area contributed by atoms with Gasteiger partial charge in [0.1, 0.15) is 5.82 Å². The van der Waals surface area contributed by atoms with E-state index >= 15 is 0 Å². The van der Waals surface area contributed by atoms with Crippen LogP contribution >= 0.6 is 0 Å². The molecule has 144 valence electrons. The van der Waals surface area contributed by atoms with E-state index in [2.05, 4.69) is 24.0 Å². The number of hydrogen-bond acceptors (Lipinski definition) is 3. The number of carbonyl (C=O) groups is 2. The summed E-state index contributed by atoms with van der Waals surface area (Å²) in [5.74, 6) is 1.47. The molecule has 1 aliphatic rings. The molecule has 1 fully saturated rings. The average Bonchev–Trinajstić information content (AvgIpc) is 3.15. The number of aromatic amines is 1. The smallest absolute Gasteiger partial charge is 0.223 e. The summed E-state index contributed by atoms with van der Waals surface area (Å²) in [6.45, 7) is 3.52. The Kier molecular flexibility index (Phi) is 5.24. The molecule has 5 nitrogen and oxygen atoms in total. The Bertz CT molecular complexity index is 986. The molecule has 1 N–H and O–H groups in total. The number of rotatable bonds is 5. The number of imidazole rings is 1. The van der Waals surface area contributed by atoms with Crippen molar-refractivity contribution in [3.05, 3.63) is 65.5 Å². The number of carbonyl (C=O) groups excluding carboxylic acids is 2. The van der Waals surface area contributed by atoms with Gasteiger partial charge in [-0.2, -0.15) is 0 Å². The molecule has 0 spiro atoms. The topological polar surface area (TPSA) is 66.1 Å². The maximum atomic E-state index is 12.5. The lowest BCUT2D eigenvalue weighted by Gasteiger charge is -2.31. The van der Waals surface area contributed by atoms with Crippen molar-refractivity contribution in [2.45, 2.75) is 38.5 Å². The predicted octanol–water partition coefficient (Wildman–Crippen LogP) is 4.24. The first-order valence-corrected chi connectivity index (χ1v) is 9.92. The molecular formula is C23H25N3O2. The lowest BCUT2D eigenvalue weighted by Crippen LogP contribution is -2.38.